The number of aliphatic carboxylic acids is 2. The average molecular weight is 515 g/mol. The van der Waals surface area contributed by atoms with Gasteiger partial charge in [-0.3, -0.25) is 14.3 Å². The van der Waals surface area contributed by atoms with Crippen molar-refractivity contribution in [2.45, 2.75) is 13.0 Å². The lowest BCUT2D eigenvalue weighted by atomic mass is 10.2. The minimum Gasteiger partial charge on any atom is -0.478 e. The summed E-state index contributed by atoms with van der Waals surface area (Å²) in [5.74, 6) is -2.51. The number of piperazine rings is 1. The number of nitrogens with zero attached hydrogens (tertiary/aromatic N) is 3. The smallest absolute Gasteiger partial charge is 0.328 e. The lowest BCUT2D eigenvalue weighted by molar-refractivity contribution is -0.134. The van der Waals surface area contributed by atoms with E-state index in [0.29, 0.717) is 34.6 Å². The van der Waals surface area contributed by atoms with Crippen molar-refractivity contribution in [2.24, 2.45) is 0 Å². The van der Waals surface area contributed by atoms with Crippen LogP contribution in [0.5, 0.6) is 0 Å². The number of carbonyl (C=O) groups is 2. The third-order valence-corrected chi connectivity index (χ3v) is 5.90. The number of hydrogen-bond donors (Lipinski definition) is 3. The van der Waals surface area contributed by atoms with Gasteiger partial charge < -0.3 is 20.1 Å². The Kier molecular flexibility index (Phi) is 9.43. The summed E-state index contributed by atoms with van der Waals surface area (Å²) < 4.78 is 1.28. The third-order valence-electron chi connectivity index (χ3n) is 5.66. The van der Waals surface area contributed by atoms with E-state index in [0.717, 1.165) is 39.1 Å². The standard InChI is InChI=1S/C21H23ClN4O2.C4H4O4/c22-16-7-8-19-18(15-16)20(27)26(21(28)23-19)10-4-9-24-11-13-25(14-12-24)17-5-2-1-3-6-17;5-3(6)1-2-4(7)8/h1-3,5-8,15H,4,9-14H2,(H,23,28);1-2H,(H,5,6)(H,7,8)/b;2-1+. The van der Waals surface area contributed by atoms with Crippen LogP contribution < -0.4 is 16.1 Å². The van der Waals surface area contributed by atoms with Gasteiger partial charge in [-0.1, -0.05) is 29.8 Å². The molecule has 0 atom stereocenters. The highest BCUT2D eigenvalue weighted by Crippen LogP contribution is 2.16. The van der Waals surface area contributed by atoms with Crippen molar-refractivity contribution >= 4 is 40.1 Å². The topological polar surface area (TPSA) is 136 Å². The Labute approximate surface area is 211 Å². The van der Waals surface area contributed by atoms with E-state index >= 15 is 0 Å². The van der Waals surface area contributed by atoms with Gasteiger partial charge in [0, 0.05) is 55.6 Å². The van der Waals surface area contributed by atoms with E-state index in [4.69, 9.17) is 21.8 Å². The van der Waals surface area contributed by atoms with Crippen LogP contribution in [0, 0.1) is 0 Å². The number of carboxylic acids is 2. The maximum atomic E-state index is 12.6. The molecule has 0 saturated carbocycles. The molecule has 3 aromatic rings. The molecule has 0 spiro atoms. The number of anilines is 1. The Morgan fingerprint density at radius 1 is 0.917 bits per heavy atom. The van der Waals surface area contributed by atoms with Crippen LogP contribution in [0.1, 0.15) is 6.42 Å². The monoisotopic (exact) mass is 514 g/mol. The number of carboxylic acid groups (broad SMARTS) is 2. The predicted octanol–water partition coefficient (Wildman–Crippen LogP) is 2.27. The van der Waals surface area contributed by atoms with E-state index in [1.54, 1.807) is 18.2 Å². The van der Waals surface area contributed by atoms with Crippen LogP contribution in [0.15, 0.2) is 70.3 Å². The molecule has 0 aliphatic carbocycles. The van der Waals surface area contributed by atoms with Crippen LogP contribution in [-0.2, 0) is 16.1 Å². The summed E-state index contributed by atoms with van der Waals surface area (Å²) >= 11 is 5.99. The van der Waals surface area contributed by atoms with Crippen LogP contribution in [-0.4, -0.2) is 69.3 Å². The first-order valence-corrected chi connectivity index (χ1v) is 11.7. The molecule has 2 heterocycles. The molecule has 1 saturated heterocycles. The number of rotatable bonds is 7. The second-order valence-corrected chi connectivity index (χ2v) is 8.54. The Morgan fingerprint density at radius 2 is 1.56 bits per heavy atom. The van der Waals surface area contributed by atoms with E-state index in [2.05, 4.69) is 39.0 Å². The summed E-state index contributed by atoms with van der Waals surface area (Å²) in [6.07, 6.45) is 1.87. The van der Waals surface area contributed by atoms with Gasteiger partial charge in [-0.2, -0.15) is 0 Å². The fraction of sp³-hybridized carbons (Fsp3) is 0.280. The van der Waals surface area contributed by atoms with Crippen LogP contribution >= 0.6 is 11.6 Å². The molecule has 1 aliphatic heterocycles. The number of benzene rings is 2. The summed E-state index contributed by atoms with van der Waals surface area (Å²) in [4.78, 5) is 51.6. The first-order valence-electron chi connectivity index (χ1n) is 11.3. The Bertz CT molecular complexity index is 1330. The molecule has 0 bridgehead atoms. The van der Waals surface area contributed by atoms with Gasteiger partial charge in [0.1, 0.15) is 0 Å². The van der Waals surface area contributed by atoms with Crippen molar-refractivity contribution in [3.63, 3.8) is 0 Å². The van der Waals surface area contributed by atoms with Gasteiger partial charge in [0.2, 0.25) is 0 Å². The van der Waals surface area contributed by atoms with Gasteiger partial charge in [-0.05, 0) is 43.3 Å². The number of fused-ring (bicyclic) bond motifs is 1. The van der Waals surface area contributed by atoms with Crippen molar-refractivity contribution in [1.29, 1.82) is 0 Å². The molecule has 3 N–H and O–H groups in total. The molecule has 0 unspecified atom stereocenters. The van der Waals surface area contributed by atoms with Gasteiger partial charge >= 0.3 is 17.6 Å². The molecular weight excluding hydrogens is 488 g/mol. The molecule has 11 heteroatoms. The molecule has 1 aliphatic rings. The molecule has 4 rings (SSSR count). The summed E-state index contributed by atoms with van der Waals surface area (Å²) in [5, 5.41) is 16.6. The van der Waals surface area contributed by atoms with Gasteiger partial charge in [0.05, 0.1) is 10.9 Å². The average Bonchev–Trinajstić information content (AvgIpc) is 2.86. The second kappa shape index (κ2) is 12.7. The minimum atomic E-state index is -1.26. The SMILES string of the molecule is O=C(O)/C=C/C(=O)O.O=c1[nH]c2ccc(Cl)cc2c(=O)n1CCCN1CCN(c2ccccc2)CC1. The molecule has 0 radical (unpaired) electrons. The first-order chi connectivity index (χ1) is 17.2. The molecule has 10 nitrogen and oxygen atoms in total. The Hall–Kier alpha value is -3.89. The third kappa shape index (κ3) is 7.56. The number of halogens is 1. The minimum absolute atomic E-state index is 0.282. The van der Waals surface area contributed by atoms with Gasteiger partial charge in [-0.25, -0.2) is 14.4 Å². The molecular formula is C25H27ClN4O6. The number of H-pyrrole nitrogens is 1. The normalized spacial score (nSPS) is 14.0. The number of nitrogens with one attached hydrogen (secondary N) is 1. The number of hydrogen-bond acceptors (Lipinski definition) is 6. The highest BCUT2D eigenvalue weighted by molar-refractivity contribution is 6.31. The highest BCUT2D eigenvalue weighted by Gasteiger charge is 2.17. The lowest BCUT2D eigenvalue weighted by Gasteiger charge is -2.36. The van der Waals surface area contributed by atoms with E-state index < -0.39 is 11.9 Å². The highest BCUT2D eigenvalue weighted by atomic mass is 35.5. The summed E-state index contributed by atoms with van der Waals surface area (Å²) in [5.41, 5.74) is 1.13. The quantitative estimate of drug-likeness (QED) is 0.408. The van der Waals surface area contributed by atoms with Crippen LogP contribution in [0.4, 0.5) is 5.69 Å². The molecule has 1 fully saturated rings. The van der Waals surface area contributed by atoms with E-state index in [9.17, 15) is 19.2 Å². The van der Waals surface area contributed by atoms with Crippen molar-refractivity contribution in [3.05, 3.63) is 86.5 Å². The van der Waals surface area contributed by atoms with Gasteiger partial charge in [-0.15, -0.1) is 0 Å². The lowest BCUT2D eigenvalue weighted by Crippen LogP contribution is -2.47. The molecule has 2 aromatic carbocycles. The van der Waals surface area contributed by atoms with E-state index in [-0.39, 0.29) is 11.2 Å². The van der Waals surface area contributed by atoms with Crippen molar-refractivity contribution in [1.82, 2.24) is 14.5 Å². The molecule has 1 aromatic heterocycles. The number of aromatic amines is 1. The summed E-state index contributed by atoms with van der Waals surface area (Å²) in [6, 6.07) is 15.4. The zero-order valence-electron chi connectivity index (χ0n) is 19.5. The first kappa shape index (κ1) is 26.7. The number of aromatic nitrogens is 2. The fourth-order valence-corrected chi connectivity index (χ4v) is 4.06. The van der Waals surface area contributed by atoms with Crippen LogP contribution in [0.2, 0.25) is 5.02 Å². The molecule has 190 valence electrons. The van der Waals surface area contributed by atoms with E-state index in [1.165, 1.54) is 10.3 Å². The van der Waals surface area contributed by atoms with Crippen molar-refractivity contribution in [3.8, 4) is 0 Å². The molecule has 36 heavy (non-hydrogen) atoms. The number of para-hydroxylation sites is 1. The molecule has 0 amide bonds. The van der Waals surface area contributed by atoms with E-state index in [1.807, 2.05) is 6.07 Å². The maximum Gasteiger partial charge on any atom is 0.328 e. The van der Waals surface area contributed by atoms with Gasteiger partial charge in [0.15, 0.2) is 0 Å². The zero-order valence-corrected chi connectivity index (χ0v) is 20.2. The van der Waals surface area contributed by atoms with Crippen LogP contribution in [0.3, 0.4) is 0 Å². The predicted molar refractivity (Wildman–Crippen MR) is 138 cm³/mol. The Morgan fingerprint density at radius 3 is 2.17 bits per heavy atom. The maximum absolute atomic E-state index is 12.6. The van der Waals surface area contributed by atoms with Crippen molar-refractivity contribution < 1.29 is 19.8 Å². The van der Waals surface area contributed by atoms with Crippen LogP contribution in [0.25, 0.3) is 10.9 Å². The largest absolute Gasteiger partial charge is 0.478 e. The Balaban J connectivity index is 0.000000392. The van der Waals surface area contributed by atoms with Gasteiger partial charge in [0.25, 0.3) is 5.56 Å². The zero-order chi connectivity index (χ0) is 26.1. The summed E-state index contributed by atoms with van der Waals surface area (Å²) in [6.45, 7) is 5.19. The summed E-state index contributed by atoms with van der Waals surface area (Å²) in [7, 11) is 0. The second-order valence-electron chi connectivity index (χ2n) is 8.10. The van der Waals surface area contributed by atoms with Crippen molar-refractivity contribution in [2.75, 3.05) is 37.6 Å². The fourth-order valence-electron chi connectivity index (χ4n) is 3.89.